The maximum atomic E-state index is 11.9. The number of nitrogens with zero attached hydrogens (tertiary/aromatic N) is 3. The molecule has 0 atom stereocenters. The number of benzene rings is 2. The van der Waals surface area contributed by atoms with Crippen molar-refractivity contribution in [2.24, 2.45) is 0 Å². The minimum atomic E-state index is -0.274. The molecule has 0 spiro atoms. The van der Waals surface area contributed by atoms with E-state index >= 15 is 0 Å². The number of fused-ring (bicyclic) bond motifs is 1. The van der Waals surface area contributed by atoms with E-state index in [0.717, 1.165) is 28.6 Å². The first-order valence-corrected chi connectivity index (χ1v) is 9.64. The molecule has 0 bridgehead atoms. The number of aromatic nitrogens is 3. The number of ether oxygens (including phenoxy) is 1. The molecule has 0 aliphatic carbocycles. The molecule has 0 saturated carbocycles. The highest BCUT2D eigenvalue weighted by Gasteiger charge is 2.23. The number of rotatable bonds is 6. The molecule has 0 aliphatic heterocycles. The van der Waals surface area contributed by atoms with E-state index in [0.29, 0.717) is 25.1 Å². The fourth-order valence-corrected chi connectivity index (χ4v) is 3.05. The molecule has 6 nitrogen and oxygen atoms in total. The van der Waals surface area contributed by atoms with E-state index in [1.165, 1.54) is 4.80 Å². The van der Waals surface area contributed by atoms with E-state index < -0.39 is 0 Å². The average Bonchev–Trinajstić information content (AvgIpc) is 3.08. The smallest absolute Gasteiger partial charge is 0.306 e. The van der Waals surface area contributed by atoms with E-state index in [1.807, 2.05) is 64.1 Å². The average molecular weight is 414 g/mol. The first-order chi connectivity index (χ1) is 13.3. The molecule has 1 N–H and O–H groups in total. The molecule has 6 heteroatoms. The highest BCUT2D eigenvalue weighted by Crippen LogP contribution is 2.36. The number of carbonyl (C=O) groups is 1. The van der Waals surface area contributed by atoms with Gasteiger partial charge in [0, 0.05) is 12.0 Å². The minimum Gasteiger partial charge on any atom is -0.505 e. The summed E-state index contributed by atoms with van der Waals surface area (Å²) in [5.74, 6) is -0.0538. The van der Waals surface area contributed by atoms with Gasteiger partial charge in [0.15, 0.2) is 0 Å². The van der Waals surface area contributed by atoms with Gasteiger partial charge in [-0.25, -0.2) is 0 Å². The molecule has 1 aromatic heterocycles. The summed E-state index contributed by atoms with van der Waals surface area (Å²) in [4.78, 5) is 13.4. The van der Waals surface area contributed by atoms with E-state index in [9.17, 15) is 9.90 Å². The summed E-state index contributed by atoms with van der Waals surface area (Å²) in [5.41, 5.74) is 3.49. The van der Waals surface area contributed by atoms with Gasteiger partial charge in [-0.2, -0.15) is 0 Å². The summed E-state index contributed by atoms with van der Waals surface area (Å²) in [5, 5.41) is 19.9. The van der Waals surface area contributed by atoms with E-state index in [4.69, 9.17) is 4.74 Å². The van der Waals surface area contributed by atoms with Crippen LogP contribution in [-0.2, 0) is 21.4 Å². The zero-order chi connectivity index (χ0) is 20.3. The topological polar surface area (TPSA) is 77.2 Å². The zero-order valence-electron chi connectivity index (χ0n) is 16.9. The molecule has 164 valence electrons. The van der Waals surface area contributed by atoms with Crippen molar-refractivity contribution in [1.82, 2.24) is 15.0 Å². The molecule has 0 aliphatic rings. The van der Waals surface area contributed by atoms with Gasteiger partial charge in [0.2, 0.25) is 0 Å². The van der Waals surface area contributed by atoms with Crippen LogP contribution in [0.1, 0.15) is 66.5 Å². The van der Waals surface area contributed by atoms with Crippen LogP contribution in [0.4, 0.5) is 0 Å². The number of aromatic hydroxyl groups is 1. The minimum absolute atomic E-state index is 0. The second-order valence-electron chi connectivity index (χ2n) is 7.96. The van der Waals surface area contributed by atoms with E-state index in [1.54, 1.807) is 0 Å². The van der Waals surface area contributed by atoms with Crippen molar-refractivity contribution in [2.75, 3.05) is 6.61 Å². The molecule has 30 heavy (non-hydrogen) atoms. The summed E-state index contributed by atoms with van der Waals surface area (Å²) < 4.78 is 5.17. The first kappa shape index (κ1) is 25.1. The van der Waals surface area contributed by atoms with Crippen molar-refractivity contribution in [3.8, 4) is 11.4 Å². The Morgan fingerprint density at radius 3 is 2.23 bits per heavy atom. The number of hydrogen-bond donors (Lipinski definition) is 1. The largest absolute Gasteiger partial charge is 0.505 e. The lowest BCUT2D eigenvalue weighted by Crippen LogP contribution is -2.14. The third-order valence-corrected chi connectivity index (χ3v) is 4.54. The molecule has 0 saturated heterocycles. The normalized spacial score (nSPS) is 10.9. The fourth-order valence-electron chi connectivity index (χ4n) is 3.05. The molecule has 3 rings (SSSR count). The molecule has 0 fully saturated rings. The van der Waals surface area contributed by atoms with Gasteiger partial charge in [0.05, 0.1) is 6.61 Å². The highest BCUT2D eigenvalue weighted by atomic mass is 16.5. The monoisotopic (exact) mass is 413 g/mol. The summed E-state index contributed by atoms with van der Waals surface area (Å²) in [6.07, 6.45) is 1.63. The Hall–Kier alpha value is -2.89. The maximum Gasteiger partial charge on any atom is 0.306 e. The Kier molecular flexibility index (Phi) is 8.58. The van der Waals surface area contributed by atoms with Gasteiger partial charge in [-0.1, -0.05) is 60.7 Å². The van der Waals surface area contributed by atoms with E-state index in [-0.39, 0.29) is 32.0 Å². The molecular weight excluding hydrogens is 378 g/mol. The molecule has 2 aromatic carbocycles. The van der Waals surface area contributed by atoms with Crippen molar-refractivity contribution in [3.63, 3.8) is 0 Å². The van der Waals surface area contributed by atoms with Crippen LogP contribution < -0.4 is 0 Å². The lowest BCUT2D eigenvalue weighted by Gasteiger charge is -2.23. The molecule has 0 radical (unpaired) electrons. The van der Waals surface area contributed by atoms with Crippen LogP contribution in [-0.4, -0.2) is 32.7 Å². The Morgan fingerprint density at radius 1 is 1.10 bits per heavy atom. The van der Waals surface area contributed by atoms with Crippen LogP contribution in [0.2, 0.25) is 0 Å². The van der Waals surface area contributed by atoms with Crippen molar-refractivity contribution in [1.29, 1.82) is 0 Å². The third kappa shape index (κ3) is 5.59. The van der Waals surface area contributed by atoms with Crippen LogP contribution in [0.5, 0.6) is 5.75 Å². The standard InChI is InChI=1S/C22H27N3O3.2CH4/c1-5-12-28-20(26)11-10-15-13-16(22(2,3)4)21(27)19(14-15)25-23-17-8-6-7-9-18(17)24-25;;/h6-9,13-14,27H,5,10-12H2,1-4H3;2*1H4. The van der Waals surface area contributed by atoms with Gasteiger partial charge in [0.1, 0.15) is 22.5 Å². The molecule has 0 amide bonds. The lowest BCUT2D eigenvalue weighted by molar-refractivity contribution is -0.143. The summed E-state index contributed by atoms with van der Waals surface area (Å²) in [7, 11) is 0. The summed E-state index contributed by atoms with van der Waals surface area (Å²) >= 11 is 0. The van der Waals surface area contributed by atoms with Crippen LogP contribution in [0, 0.1) is 0 Å². The summed E-state index contributed by atoms with van der Waals surface area (Å²) in [6, 6.07) is 11.4. The van der Waals surface area contributed by atoms with Gasteiger partial charge in [-0.3, -0.25) is 4.79 Å². The van der Waals surface area contributed by atoms with Crippen LogP contribution in [0.25, 0.3) is 16.7 Å². The lowest BCUT2D eigenvalue weighted by atomic mass is 9.84. The third-order valence-electron chi connectivity index (χ3n) is 4.54. The molecular formula is C24H35N3O3. The number of phenolic OH excluding ortho intramolecular Hbond substituents is 1. The number of aryl methyl sites for hydroxylation is 1. The Balaban J connectivity index is 0.00000225. The van der Waals surface area contributed by atoms with Crippen molar-refractivity contribution < 1.29 is 14.6 Å². The van der Waals surface area contributed by atoms with E-state index in [2.05, 4.69) is 10.2 Å². The highest BCUT2D eigenvalue weighted by molar-refractivity contribution is 5.74. The van der Waals surface area contributed by atoms with Crippen LogP contribution in [0.15, 0.2) is 36.4 Å². The van der Waals surface area contributed by atoms with Crippen LogP contribution >= 0.6 is 0 Å². The van der Waals surface area contributed by atoms with Gasteiger partial charge < -0.3 is 9.84 Å². The molecule has 3 aromatic rings. The second-order valence-corrected chi connectivity index (χ2v) is 7.96. The molecule has 0 unspecified atom stereocenters. The van der Waals surface area contributed by atoms with Gasteiger partial charge >= 0.3 is 5.97 Å². The number of phenols is 1. The fraction of sp³-hybridized carbons (Fsp3) is 0.458. The SMILES string of the molecule is C.C.CCCOC(=O)CCc1cc(-n2nc3ccccc3n2)c(O)c(C(C)(C)C)c1. The van der Waals surface area contributed by atoms with Crippen molar-refractivity contribution >= 4 is 17.0 Å². The maximum absolute atomic E-state index is 11.9. The predicted octanol–water partition coefficient (Wildman–Crippen LogP) is 5.58. The van der Waals surface area contributed by atoms with Crippen LogP contribution in [0.3, 0.4) is 0 Å². The Labute approximate surface area is 179 Å². The van der Waals surface area contributed by atoms with Crippen molar-refractivity contribution in [3.05, 3.63) is 47.5 Å². The number of esters is 1. The van der Waals surface area contributed by atoms with Gasteiger partial charge in [0.25, 0.3) is 0 Å². The Morgan fingerprint density at radius 2 is 1.70 bits per heavy atom. The number of hydrogen-bond acceptors (Lipinski definition) is 5. The summed E-state index contributed by atoms with van der Waals surface area (Å²) in [6.45, 7) is 8.53. The van der Waals surface area contributed by atoms with Gasteiger partial charge in [-0.05, 0) is 42.0 Å². The predicted molar refractivity (Wildman–Crippen MR) is 122 cm³/mol. The number of carbonyl (C=O) groups excluding carboxylic acids is 1. The zero-order valence-corrected chi connectivity index (χ0v) is 16.9. The van der Waals surface area contributed by atoms with Crippen molar-refractivity contribution in [2.45, 2.75) is 67.2 Å². The van der Waals surface area contributed by atoms with Gasteiger partial charge in [-0.15, -0.1) is 15.0 Å². The molecule has 1 heterocycles. The Bertz CT molecular complexity index is 954. The first-order valence-electron chi connectivity index (χ1n) is 9.64. The second kappa shape index (κ2) is 10.2. The quantitative estimate of drug-likeness (QED) is 0.534.